The summed E-state index contributed by atoms with van der Waals surface area (Å²) in [7, 11) is 1.31. The summed E-state index contributed by atoms with van der Waals surface area (Å²) in [4.78, 5) is 82.4. The Labute approximate surface area is 374 Å². The van der Waals surface area contributed by atoms with Gasteiger partial charge in [0.15, 0.2) is 0 Å². The summed E-state index contributed by atoms with van der Waals surface area (Å²) in [6.07, 6.45) is 9.57. The van der Waals surface area contributed by atoms with Crippen molar-refractivity contribution in [3.63, 3.8) is 0 Å². The molecule has 6 fully saturated rings. The Morgan fingerprint density at radius 1 is 0.677 bits per heavy atom. The monoisotopic (exact) mass is 884 g/mol. The molecule has 4 amide bonds. The lowest BCUT2D eigenvalue weighted by atomic mass is 9.90. The van der Waals surface area contributed by atoms with E-state index in [2.05, 4.69) is 32.7 Å². The molecule has 11 rings (SSSR count). The molecule has 5 aromatic rings. The fourth-order valence-electron chi connectivity index (χ4n) is 11.0. The zero-order valence-corrected chi connectivity index (χ0v) is 36.0. The Balaban J connectivity index is 0.768. The number of nitrogens with zero attached hydrogens (tertiary/aromatic N) is 6. The van der Waals surface area contributed by atoms with E-state index < -0.39 is 24.3 Å². The average molecular weight is 885 g/mol. The number of carboxylic acid groups (broad SMARTS) is 1. The molecule has 338 valence electrons. The number of fused-ring (bicyclic) bond motifs is 3. The van der Waals surface area contributed by atoms with Crippen LogP contribution >= 0.6 is 0 Å². The number of methoxy groups -OCH3 is 1. The van der Waals surface area contributed by atoms with Gasteiger partial charge in [-0.05, 0) is 104 Å². The van der Waals surface area contributed by atoms with Crippen LogP contribution in [0.5, 0.6) is 0 Å². The van der Waals surface area contributed by atoms with Crippen molar-refractivity contribution in [3.8, 4) is 33.8 Å². The summed E-state index contributed by atoms with van der Waals surface area (Å²) < 4.78 is 16.0. The molecule has 18 heteroatoms. The van der Waals surface area contributed by atoms with Crippen LogP contribution in [0, 0.1) is 23.7 Å². The first-order valence-corrected chi connectivity index (χ1v) is 22.8. The first-order chi connectivity index (χ1) is 31.7. The lowest BCUT2D eigenvalue weighted by Crippen LogP contribution is -2.54. The fourth-order valence-corrected chi connectivity index (χ4v) is 11.0. The molecule has 5 N–H and O–H groups in total. The van der Waals surface area contributed by atoms with Crippen molar-refractivity contribution >= 4 is 35.0 Å². The number of aromatic amines is 2. The SMILES string of the molecule is COC(=O)N[C@H](C(=O)N1[C@@H]2C[C@H]2C[C@H]1c1ncc(-c2ccc(-c3ccc4nc(-c5cnc([C@@H]6C[C@H]7C[C@H]7N6C(=O)[C@@H](NC(=O)O)C6CCOCC6)[nH]5)cnc4c3)cc2)[nH]1)C1CCOCC1. The van der Waals surface area contributed by atoms with E-state index in [0.29, 0.717) is 81.2 Å². The Kier molecular flexibility index (Phi) is 10.7. The van der Waals surface area contributed by atoms with Crippen LogP contribution in [0.3, 0.4) is 0 Å². The maximum Gasteiger partial charge on any atom is 0.407 e. The Morgan fingerprint density at radius 2 is 1.22 bits per heavy atom. The molecule has 4 saturated heterocycles. The number of ether oxygens (including phenoxy) is 3. The number of rotatable bonds is 11. The second-order valence-electron chi connectivity index (χ2n) is 18.5. The molecule has 2 aromatic carbocycles. The van der Waals surface area contributed by atoms with Crippen molar-refractivity contribution in [2.45, 2.75) is 87.6 Å². The molecule has 0 spiro atoms. The van der Waals surface area contributed by atoms with Crippen LogP contribution in [-0.2, 0) is 23.8 Å². The Bertz CT molecular complexity index is 2620. The van der Waals surface area contributed by atoms with Gasteiger partial charge in [0, 0.05) is 38.5 Å². The maximum atomic E-state index is 14.2. The smallest absolute Gasteiger partial charge is 0.407 e. The molecule has 6 aliphatic rings. The quantitative estimate of drug-likeness (QED) is 0.109. The number of imidazole rings is 2. The van der Waals surface area contributed by atoms with Crippen LogP contribution in [0.4, 0.5) is 9.59 Å². The highest BCUT2D eigenvalue weighted by Crippen LogP contribution is 2.55. The van der Waals surface area contributed by atoms with Crippen LogP contribution in [-0.4, -0.2) is 127 Å². The molecule has 2 saturated carbocycles. The van der Waals surface area contributed by atoms with E-state index in [1.807, 2.05) is 46.3 Å². The van der Waals surface area contributed by atoms with Gasteiger partial charge < -0.3 is 49.7 Å². The summed E-state index contributed by atoms with van der Waals surface area (Å²) in [5.41, 5.74) is 6.58. The molecule has 7 heterocycles. The van der Waals surface area contributed by atoms with E-state index >= 15 is 0 Å². The van der Waals surface area contributed by atoms with Crippen molar-refractivity contribution in [3.05, 3.63) is 72.7 Å². The zero-order chi connectivity index (χ0) is 44.3. The largest absolute Gasteiger partial charge is 0.465 e. The zero-order valence-electron chi connectivity index (χ0n) is 36.0. The number of hydrogen-bond acceptors (Lipinski definition) is 11. The van der Waals surface area contributed by atoms with Crippen molar-refractivity contribution in [1.29, 1.82) is 0 Å². The number of alkyl carbamates (subject to hydrolysis) is 1. The number of benzene rings is 2. The summed E-state index contributed by atoms with van der Waals surface area (Å²) in [5, 5.41) is 15.0. The number of carbonyl (C=O) groups excluding carboxylic acids is 3. The van der Waals surface area contributed by atoms with Crippen molar-refractivity contribution in [2.24, 2.45) is 23.7 Å². The van der Waals surface area contributed by atoms with Crippen LogP contribution in [0.1, 0.15) is 75.1 Å². The first-order valence-electron chi connectivity index (χ1n) is 22.8. The van der Waals surface area contributed by atoms with Gasteiger partial charge in [0.05, 0.1) is 60.2 Å². The molecule has 0 bridgehead atoms. The molecule has 4 aliphatic heterocycles. The predicted octanol–water partition coefficient (Wildman–Crippen LogP) is 5.61. The van der Waals surface area contributed by atoms with Gasteiger partial charge >= 0.3 is 12.2 Å². The number of aromatic nitrogens is 6. The molecular weight excluding hydrogens is 833 g/mol. The van der Waals surface area contributed by atoms with Gasteiger partial charge in [-0.25, -0.2) is 24.5 Å². The second kappa shape index (κ2) is 16.9. The van der Waals surface area contributed by atoms with Gasteiger partial charge in [0.2, 0.25) is 11.8 Å². The third-order valence-electron chi connectivity index (χ3n) is 14.6. The summed E-state index contributed by atoms with van der Waals surface area (Å²) in [6, 6.07) is 12.4. The summed E-state index contributed by atoms with van der Waals surface area (Å²) in [6.45, 7) is 2.13. The number of piperidine rings is 2. The minimum absolute atomic E-state index is 0.0309. The lowest BCUT2D eigenvalue weighted by Gasteiger charge is -2.35. The topological polar surface area (TPSA) is 230 Å². The highest BCUT2D eigenvalue weighted by atomic mass is 16.5. The number of carbonyl (C=O) groups is 4. The van der Waals surface area contributed by atoms with Crippen molar-refractivity contribution < 1.29 is 38.5 Å². The molecular formula is C47H52N10O8. The first kappa shape index (κ1) is 41.3. The molecule has 0 unspecified atom stereocenters. The van der Waals surface area contributed by atoms with Gasteiger partial charge in [-0.15, -0.1) is 0 Å². The molecule has 0 radical (unpaired) electrons. The van der Waals surface area contributed by atoms with Crippen LogP contribution in [0.2, 0.25) is 0 Å². The second-order valence-corrected chi connectivity index (χ2v) is 18.5. The van der Waals surface area contributed by atoms with E-state index in [0.717, 1.165) is 64.9 Å². The standard InChI is InChI=1S/C47H52N10O8/c1-63-47(62)55-41(27-10-14-65-15-11-27)45(59)57-37-18-29(37)19-38(57)42-49-21-33(52-42)25-4-2-24(3-5-25)28-6-7-31-32(16-28)48-22-34(51-31)35-23-50-43(53-35)39-20-30-17-36(30)56(39)44(58)40(54-46(60)61)26-8-12-64-13-9-26/h2-7,16,21-23,26-27,29-30,36-41,54H,8-15,17-20H2,1H3,(H,49,52)(H,50,53)(H,55,62)(H,60,61)/t29-,30+,36+,37+,38-,39-,40-,41-/m0/s1. The van der Waals surface area contributed by atoms with Crippen molar-refractivity contribution in [2.75, 3.05) is 33.5 Å². The molecule has 3 aromatic heterocycles. The van der Waals surface area contributed by atoms with E-state index in [1.165, 1.54) is 7.11 Å². The maximum absolute atomic E-state index is 14.2. The van der Waals surface area contributed by atoms with E-state index in [4.69, 9.17) is 34.1 Å². The molecule has 8 atom stereocenters. The number of nitrogens with one attached hydrogen (secondary N) is 4. The fraction of sp³-hybridized carbons (Fsp3) is 0.489. The minimum Gasteiger partial charge on any atom is -0.465 e. The number of amides is 4. The van der Waals surface area contributed by atoms with Crippen LogP contribution < -0.4 is 10.6 Å². The predicted molar refractivity (Wildman–Crippen MR) is 234 cm³/mol. The number of H-pyrrole nitrogens is 2. The lowest BCUT2D eigenvalue weighted by molar-refractivity contribution is -0.138. The van der Waals surface area contributed by atoms with Crippen molar-refractivity contribution in [1.82, 2.24) is 50.3 Å². The average Bonchev–Trinajstić information content (AvgIpc) is 3.92. The third-order valence-corrected chi connectivity index (χ3v) is 14.6. The third kappa shape index (κ3) is 7.96. The minimum atomic E-state index is -1.20. The Morgan fingerprint density at radius 3 is 1.80 bits per heavy atom. The van der Waals surface area contributed by atoms with E-state index in [-0.39, 0.29) is 47.8 Å². The van der Waals surface area contributed by atoms with Gasteiger partial charge in [-0.2, -0.15) is 0 Å². The van der Waals surface area contributed by atoms with Gasteiger partial charge in [-0.1, -0.05) is 30.3 Å². The van der Waals surface area contributed by atoms with Crippen LogP contribution in [0.15, 0.2) is 61.1 Å². The van der Waals surface area contributed by atoms with E-state index in [9.17, 15) is 24.3 Å². The van der Waals surface area contributed by atoms with Crippen LogP contribution in [0.25, 0.3) is 44.8 Å². The number of hydrogen-bond donors (Lipinski definition) is 5. The molecule has 2 aliphatic carbocycles. The van der Waals surface area contributed by atoms with Gasteiger partial charge in [0.25, 0.3) is 0 Å². The highest BCUT2D eigenvalue weighted by molar-refractivity contribution is 5.88. The molecule has 65 heavy (non-hydrogen) atoms. The highest BCUT2D eigenvalue weighted by Gasteiger charge is 2.58. The summed E-state index contributed by atoms with van der Waals surface area (Å²) in [5.74, 6) is 1.76. The summed E-state index contributed by atoms with van der Waals surface area (Å²) >= 11 is 0. The van der Waals surface area contributed by atoms with Gasteiger partial charge in [-0.3, -0.25) is 14.6 Å². The number of likely N-dealkylation sites (tertiary alicyclic amines) is 2. The van der Waals surface area contributed by atoms with E-state index in [1.54, 1.807) is 12.4 Å². The normalized spacial score (nSPS) is 26.0. The molecule has 18 nitrogen and oxygen atoms in total. The Hall–Kier alpha value is -6.40. The van der Waals surface area contributed by atoms with Gasteiger partial charge in [0.1, 0.15) is 29.4 Å².